The summed E-state index contributed by atoms with van der Waals surface area (Å²) in [6.07, 6.45) is 0.0646. The van der Waals surface area contributed by atoms with Crippen molar-refractivity contribution in [2.75, 3.05) is 44.7 Å². The highest BCUT2D eigenvalue weighted by molar-refractivity contribution is 7.89. The lowest BCUT2D eigenvalue weighted by Crippen LogP contribution is -2.49. The number of rotatable bonds is 7. The molecular weight excluding hydrogens is 397 g/mol. The third-order valence-corrected chi connectivity index (χ3v) is 6.29. The summed E-state index contributed by atoms with van der Waals surface area (Å²) >= 11 is 0. The number of carbonyl (C=O) groups is 1. The standard InChI is InChI=1S/C20H24FN3O4S/c1-28-19-5-3-2-4-18(19)23-12-14-24(15-13-23)20(25)10-11-22-29(26,27)17-8-6-16(21)7-9-17/h2-9,22H,10-15H2,1H3. The summed E-state index contributed by atoms with van der Waals surface area (Å²) in [7, 11) is -2.13. The number of methoxy groups -OCH3 is 1. The summed E-state index contributed by atoms with van der Waals surface area (Å²) in [4.78, 5) is 16.3. The third kappa shape index (κ3) is 5.24. The molecule has 3 rings (SSSR count). The number of para-hydroxylation sites is 2. The first-order chi connectivity index (χ1) is 13.9. The van der Waals surface area contributed by atoms with Crippen LogP contribution >= 0.6 is 0 Å². The van der Waals surface area contributed by atoms with Crippen molar-refractivity contribution < 1.29 is 22.3 Å². The van der Waals surface area contributed by atoms with Gasteiger partial charge in [0.2, 0.25) is 15.9 Å². The number of hydrogen-bond acceptors (Lipinski definition) is 5. The van der Waals surface area contributed by atoms with Crippen LogP contribution in [0, 0.1) is 5.82 Å². The molecule has 29 heavy (non-hydrogen) atoms. The highest BCUT2D eigenvalue weighted by Crippen LogP contribution is 2.28. The number of nitrogens with one attached hydrogen (secondary N) is 1. The van der Waals surface area contributed by atoms with E-state index < -0.39 is 15.8 Å². The first-order valence-corrected chi connectivity index (χ1v) is 10.8. The second-order valence-corrected chi connectivity index (χ2v) is 8.41. The van der Waals surface area contributed by atoms with Gasteiger partial charge in [-0.15, -0.1) is 0 Å². The van der Waals surface area contributed by atoms with E-state index in [4.69, 9.17) is 4.74 Å². The van der Waals surface area contributed by atoms with Gasteiger partial charge in [0.1, 0.15) is 11.6 Å². The monoisotopic (exact) mass is 421 g/mol. The number of halogens is 1. The van der Waals surface area contributed by atoms with E-state index in [1.807, 2.05) is 24.3 Å². The smallest absolute Gasteiger partial charge is 0.240 e. The Morgan fingerprint density at radius 3 is 2.38 bits per heavy atom. The van der Waals surface area contributed by atoms with Crippen LogP contribution in [0.2, 0.25) is 0 Å². The van der Waals surface area contributed by atoms with Crippen molar-refractivity contribution in [3.8, 4) is 5.75 Å². The molecule has 0 unspecified atom stereocenters. The Labute approximate surface area is 170 Å². The van der Waals surface area contributed by atoms with E-state index in [9.17, 15) is 17.6 Å². The maximum atomic E-state index is 12.9. The average molecular weight is 421 g/mol. The largest absolute Gasteiger partial charge is 0.495 e. The molecule has 0 saturated carbocycles. The van der Waals surface area contributed by atoms with Crippen LogP contribution in [0.1, 0.15) is 6.42 Å². The Morgan fingerprint density at radius 1 is 1.07 bits per heavy atom. The fraction of sp³-hybridized carbons (Fsp3) is 0.350. The Morgan fingerprint density at radius 2 is 1.72 bits per heavy atom. The molecule has 1 aliphatic rings. The van der Waals surface area contributed by atoms with E-state index in [1.54, 1.807) is 12.0 Å². The summed E-state index contributed by atoms with van der Waals surface area (Å²) in [6, 6.07) is 12.3. The minimum absolute atomic E-state index is 0.00867. The summed E-state index contributed by atoms with van der Waals surface area (Å²) in [5.41, 5.74) is 0.995. The molecule has 7 nitrogen and oxygen atoms in total. The van der Waals surface area contributed by atoms with Gasteiger partial charge in [0, 0.05) is 39.1 Å². The summed E-state index contributed by atoms with van der Waals surface area (Å²) in [5.74, 6) is 0.181. The van der Waals surface area contributed by atoms with Gasteiger partial charge < -0.3 is 14.5 Å². The van der Waals surface area contributed by atoms with Crippen molar-refractivity contribution >= 4 is 21.6 Å². The van der Waals surface area contributed by atoms with Gasteiger partial charge in [-0.2, -0.15) is 0 Å². The fourth-order valence-electron chi connectivity index (χ4n) is 3.24. The molecule has 1 aliphatic heterocycles. The molecule has 0 atom stereocenters. The molecule has 9 heteroatoms. The van der Waals surface area contributed by atoms with Crippen LogP contribution in [0.15, 0.2) is 53.4 Å². The molecule has 1 amide bonds. The van der Waals surface area contributed by atoms with Crippen LogP contribution in [0.5, 0.6) is 5.75 Å². The lowest BCUT2D eigenvalue weighted by Gasteiger charge is -2.36. The topological polar surface area (TPSA) is 79.0 Å². The van der Waals surface area contributed by atoms with Crippen molar-refractivity contribution in [2.24, 2.45) is 0 Å². The predicted octanol–water partition coefficient (Wildman–Crippen LogP) is 1.85. The Kier molecular flexibility index (Phi) is 6.71. The first kappa shape index (κ1) is 21.1. The first-order valence-electron chi connectivity index (χ1n) is 9.32. The normalized spacial score (nSPS) is 14.7. The number of nitrogens with zero attached hydrogens (tertiary/aromatic N) is 2. The van der Waals surface area contributed by atoms with Crippen molar-refractivity contribution in [1.29, 1.82) is 0 Å². The van der Waals surface area contributed by atoms with E-state index in [0.717, 1.165) is 23.6 Å². The van der Waals surface area contributed by atoms with Crippen LogP contribution in [-0.2, 0) is 14.8 Å². The Hall–Kier alpha value is -2.65. The van der Waals surface area contributed by atoms with Gasteiger partial charge in [-0.1, -0.05) is 12.1 Å². The van der Waals surface area contributed by atoms with Crippen molar-refractivity contribution in [1.82, 2.24) is 9.62 Å². The van der Waals surface area contributed by atoms with Gasteiger partial charge in [0.25, 0.3) is 0 Å². The zero-order valence-electron chi connectivity index (χ0n) is 16.2. The van der Waals surface area contributed by atoms with Crippen LogP contribution in [0.25, 0.3) is 0 Å². The molecule has 2 aromatic carbocycles. The number of hydrogen-bond donors (Lipinski definition) is 1. The van der Waals surface area contributed by atoms with Crippen LogP contribution < -0.4 is 14.4 Å². The lowest BCUT2D eigenvalue weighted by molar-refractivity contribution is -0.131. The van der Waals surface area contributed by atoms with Crippen LogP contribution in [0.3, 0.4) is 0 Å². The van der Waals surface area contributed by atoms with Crippen LogP contribution in [-0.4, -0.2) is 59.1 Å². The SMILES string of the molecule is COc1ccccc1N1CCN(C(=O)CCNS(=O)(=O)c2ccc(F)cc2)CC1. The van der Waals surface area contributed by atoms with Crippen molar-refractivity contribution in [2.45, 2.75) is 11.3 Å². The number of ether oxygens (including phenoxy) is 1. The van der Waals surface area contributed by atoms with Gasteiger partial charge in [0.05, 0.1) is 17.7 Å². The number of benzene rings is 2. The zero-order chi connectivity index (χ0) is 20.9. The molecule has 156 valence electrons. The van der Waals surface area contributed by atoms with Gasteiger partial charge in [-0.25, -0.2) is 17.5 Å². The summed E-state index contributed by atoms with van der Waals surface area (Å²) < 4.78 is 45.1. The molecule has 2 aromatic rings. The maximum absolute atomic E-state index is 12.9. The summed E-state index contributed by atoms with van der Waals surface area (Å²) in [5, 5.41) is 0. The van der Waals surface area contributed by atoms with E-state index >= 15 is 0 Å². The van der Waals surface area contributed by atoms with E-state index in [2.05, 4.69) is 9.62 Å². The minimum Gasteiger partial charge on any atom is -0.495 e. The van der Waals surface area contributed by atoms with Gasteiger partial charge in [-0.3, -0.25) is 4.79 Å². The molecule has 0 aliphatic carbocycles. The second kappa shape index (κ2) is 9.23. The Balaban J connectivity index is 1.48. The number of piperazine rings is 1. The highest BCUT2D eigenvalue weighted by Gasteiger charge is 2.23. The molecule has 1 saturated heterocycles. The van der Waals surface area contributed by atoms with E-state index in [0.29, 0.717) is 26.2 Å². The number of sulfonamides is 1. The van der Waals surface area contributed by atoms with E-state index in [-0.39, 0.29) is 23.8 Å². The molecule has 0 spiro atoms. The number of anilines is 1. The average Bonchev–Trinajstić information content (AvgIpc) is 2.74. The predicted molar refractivity (Wildman–Crippen MR) is 108 cm³/mol. The molecule has 1 heterocycles. The quantitative estimate of drug-likeness (QED) is 0.738. The molecule has 0 radical (unpaired) electrons. The van der Waals surface area contributed by atoms with Gasteiger partial charge in [-0.05, 0) is 36.4 Å². The van der Waals surface area contributed by atoms with Crippen molar-refractivity contribution in [3.63, 3.8) is 0 Å². The summed E-state index contributed by atoms with van der Waals surface area (Å²) in [6.45, 7) is 2.45. The lowest BCUT2D eigenvalue weighted by atomic mass is 10.2. The molecule has 0 bridgehead atoms. The zero-order valence-corrected chi connectivity index (χ0v) is 17.0. The molecular formula is C20H24FN3O4S. The van der Waals surface area contributed by atoms with Crippen LogP contribution in [0.4, 0.5) is 10.1 Å². The molecule has 1 fully saturated rings. The number of amides is 1. The Bertz CT molecular complexity index is 942. The van der Waals surface area contributed by atoms with Gasteiger partial charge >= 0.3 is 0 Å². The van der Waals surface area contributed by atoms with E-state index in [1.165, 1.54) is 12.1 Å². The minimum atomic E-state index is -3.77. The second-order valence-electron chi connectivity index (χ2n) is 6.64. The number of carbonyl (C=O) groups excluding carboxylic acids is 1. The van der Waals surface area contributed by atoms with Gasteiger partial charge in [0.15, 0.2) is 0 Å². The fourth-order valence-corrected chi connectivity index (χ4v) is 4.27. The maximum Gasteiger partial charge on any atom is 0.240 e. The third-order valence-electron chi connectivity index (χ3n) is 4.81. The highest BCUT2D eigenvalue weighted by atomic mass is 32.2. The molecule has 1 N–H and O–H groups in total. The van der Waals surface area contributed by atoms with Crippen molar-refractivity contribution in [3.05, 3.63) is 54.3 Å². The molecule has 0 aromatic heterocycles.